The zero-order valence-electron chi connectivity index (χ0n) is 12.4. The zero-order chi connectivity index (χ0) is 14.9. The fourth-order valence-corrected chi connectivity index (χ4v) is 2.30. The van der Waals surface area contributed by atoms with Gasteiger partial charge in [0.2, 0.25) is 11.8 Å². The lowest BCUT2D eigenvalue weighted by molar-refractivity contribution is -0.141. The van der Waals surface area contributed by atoms with E-state index >= 15 is 0 Å². The third-order valence-corrected chi connectivity index (χ3v) is 3.28. The number of rotatable bonds is 4. The summed E-state index contributed by atoms with van der Waals surface area (Å²) < 4.78 is 0. The minimum Gasteiger partial charge on any atom is -0.370 e. The SMILES string of the molecule is CCNc1cc(C)nc(CN2C(=O)CC(C)(C)C2=O)n1. The predicted molar refractivity (Wildman–Crippen MR) is 74.9 cm³/mol. The van der Waals surface area contributed by atoms with Crippen molar-refractivity contribution in [2.24, 2.45) is 5.41 Å². The first kappa shape index (κ1) is 14.4. The summed E-state index contributed by atoms with van der Waals surface area (Å²) in [6.45, 7) is 8.31. The normalized spacial score (nSPS) is 17.7. The summed E-state index contributed by atoms with van der Waals surface area (Å²) in [6.07, 6.45) is 0.248. The molecule has 2 heterocycles. The molecule has 0 atom stereocenters. The van der Waals surface area contributed by atoms with E-state index in [2.05, 4.69) is 15.3 Å². The van der Waals surface area contributed by atoms with Crippen LogP contribution >= 0.6 is 0 Å². The highest BCUT2D eigenvalue weighted by Crippen LogP contribution is 2.32. The van der Waals surface area contributed by atoms with E-state index in [4.69, 9.17) is 0 Å². The lowest BCUT2D eigenvalue weighted by atomic mass is 9.92. The maximum absolute atomic E-state index is 12.2. The minimum atomic E-state index is -0.620. The Bertz CT molecular complexity index is 554. The lowest BCUT2D eigenvalue weighted by Crippen LogP contribution is -2.33. The van der Waals surface area contributed by atoms with E-state index in [9.17, 15) is 9.59 Å². The molecule has 1 aliphatic heterocycles. The van der Waals surface area contributed by atoms with Gasteiger partial charge in [-0.25, -0.2) is 9.97 Å². The number of hydrogen-bond donors (Lipinski definition) is 1. The van der Waals surface area contributed by atoms with Gasteiger partial charge in [0.15, 0.2) is 5.82 Å². The van der Waals surface area contributed by atoms with Crippen molar-refractivity contribution in [2.75, 3.05) is 11.9 Å². The number of aryl methyl sites for hydroxylation is 1. The number of aromatic nitrogens is 2. The Kier molecular flexibility index (Phi) is 3.74. The Hall–Kier alpha value is -1.98. The minimum absolute atomic E-state index is 0.140. The van der Waals surface area contributed by atoms with Gasteiger partial charge < -0.3 is 5.32 Å². The Labute approximate surface area is 118 Å². The van der Waals surface area contributed by atoms with Crippen molar-refractivity contribution < 1.29 is 9.59 Å². The summed E-state index contributed by atoms with van der Waals surface area (Å²) in [5, 5.41) is 3.11. The summed E-state index contributed by atoms with van der Waals surface area (Å²) in [5.41, 5.74) is 0.190. The molecule has 2 amide bonds. The molecule has 1 aromatic heterocycles. The fraction of sp³-hybridized carbons (Fsp3) is 0.571. The van der Waals surface area contributed by atoms with Crippen LogP contribution < -0.4 is 5.32 Å². The Balaban J connectivity index is 2.22. The molecule has 0 unspecified atom stereocenters. The highest BCUT2D eigenvalue weighted by molar-refractivity contribution is 6.05. The molecule has 0 saturated carbocycles. The van der Waals surface area contributed by atoms with Crippen molar-refractivity contribution in [3.63, 3.8) is 0 Å². The van der Waals surface area contributed by atoms with Gasteiger partial charge in [-0.05, 0) is 13.8 Å². The van der Waals surface area contributed by atoms with Crippen molar-refractivity contribution in [3.8, 4) is 0 Å². The van der Waals surface area contributed by atoms with E-state index < -0.39 is 5.41 Å². The van der Waals surface area contributed by atoms with E-state index in [0.29, 0.717) is 11.6 Å². The van der Waals surface area contributed by atoms with Gasteiger partial charge in [-0.1, -0.05) is 13.8 Å². The highest BCUT2D eigenvalue weighted by atomic mass is 16.2. The highest BCUT2D eigenvalue weighted by Gasteiger charge is 2.44. The van der Waals surface area contributed by atoms with Crippen LogP contribution in [0.1, 0.15) is 38.7 Å². The average Bonchev–Trinajstić information content (AvgIpc) is 2.51. The van der Waals surface area contributed by atoms with E-state index in [-0.39, 0.29) is 24.8 Å². The summed E-state index contributed by atoms with van der Waals surface area (Å²) in [4.78, 5) is 34.0. The number of nitrogens with zero attached hydrogens (tertiary/aromatic N) is 3. The molecule has 0 aliphatic carbocycles. The molecule has 6 nitrogen and oxygen atoms in total. The Morgan fingerprint density at radius 1 is 1.35 bits per heavy atom. The number of imide groups is 1. The summed E-state index contributed by atoms with van der Waals surface area (Å²) in [7, 11) is 0. The van der Waals surface area contributed by atoms with E-state index in [1.807, 2.05) is 19.9 Å². The number of amides is 2. The lowest BCUT2D eigenvalue weighted by Gasteiger charge is -2.17. The maximum Gasteiger partial charge on any atom is 0.235 e. The van der Waals surface area contributed by atoms with Gasteiger partial charge in [-0.3, -0.25) is 14.5 Å². The monoisotopic (exact) mass is 276 g/mol. The fourth-order valence-electron chi connectivity index (χ4n) is 2.30. The number of carbonyl (C=O) groups excluding carboxylic acids is 2. The van der Waals surface area contributed by atoms with Crippen LogP contribution in [-0.2, 0) is 16.1 Å². The van der Waals surface area contributed by atoms with E-state index in [1.165, 1.54) is 4.90 Å². The van der Waals surface area contributed by atoms with Crippen LogP contribution in [0.25, 0.3) is 0 Å². The topological polar surface area (TPSA) is 75.2 Å². The molecule has 0 bridgehead atoms. The van der Waals surface area contributed by atoms with Crippen molar-refractivity contribution in [1.82, 2.24) is 14.9 Å². The summed E-state index contributed by atoms with van der Waals surface area (Å²) in [5.74, 6) is 0.890. The van der Waals surface area contributed by atoms with Crippen LogP contribution in [0.15, 0.2) is 6.07 Å². The summed E-state index contributed by atoms with van der Waals surface area (Å²) >= 11 is 0. The predicted octanol–water partition coefficient (Wildman–Crippen LogP) is 1.50. The Morgan fingerprint density at radius 2 is 2.05 bits per heavy atom. The van der Waals surface area contributed by atoms with Crippen LogP contribution in [0.5, 0.6) is 0 Å². The molecular weight excluding hydrogens is 256 g/mol. The molecule has 1 aliphatic rings. The van der Waals surface area contributed by atoms with Gasteiger partial charge in [0.1, 0.15) is 5.82 Å². The second-order valence-corrected chi connectivity index (χ2v) is 5.69. The molecule has 1 aromatic rings. The molecule has 0 aromatic carbocycles. The van der Waals surface area contributed by atoms with Crippen LogP contribution in [0.3, 0.4) is 0 Å². The molecule has 0 spiro atoms. The maximum atomic E-state index is 12.2. The first-order valence-corrected chi connectivity index (χ1v) is 6.76. The smallest absolute Gasteiger partial charge is 0.235 e. The molecule has 2 rings (SSSR count). The third-order valence-electron chi connectivity index (χ3n) is 3.28. The first-order chi connectivity index (χ1) is 9.33. The van der Waals surface area contributed by atoms with Gasteiger partial charge in [-0.15, -0.1) is 0 Å². The standard InChI is InChI=1S/C14H20N4O2/c1-5-15-10-6-9(2)16-11(17-10)8-18-12(19)7-14(3,4)13(18)20/h6H,5,7-8H2,1-4H3,(H,15,16,17). The molecule has 1 N–H and O–H groups in total. The summed E-state index contributed by atoms with van der Waals surface area (Å²) in [6, 6.07) is 1.84. The van der Waals surface area contributed by atoms with Crippen LogP contribution in [0.4, 0.5) is 5.82 Å². The van der Waals surface area contributed by atoms with Crippen LogP contribution in [-0.4, -0.2) is 33.2 Å². The molecule has 0 radical (unpaired) electrons. The number of anilines is 1. The molecule has 108 valence electrons. The zero-order valence-corrected chi connectivity index (χ0v) is 12.4. The van der Waals surface area contributed by atoms with E-state index in [1.54, 1.807) is 13.8 Å². The Morgan fingerprint density at radius 3 is 2.60 bits per heavy atom. The number of nitrogens with one attached hydrogen (secondary N) is 1. The van der Waals surface area contributed by atoms with Crippen LogP contribution in [0.2, 0.25) is 0 Å². The first-order valence-electron chi connectivity index (χ1n) is 6.76. The molecule has 1 fully saturated rings. The second kappa shape index (κ2) is 5.19. The average molecular weight is 276 g/mol. The van der Waals surface area contributed by atoms with E-state index in [0.717, 1.165) is 12.2 Å². The van der Waals surface area contributed by atoms with Gasteiger partial charge in [0.25, 0.3) is 0 Å². The number of likely N-dealkylation sites (tertiary alicyclic amines) is 1. The van der Waals surface area contributed by atoms with Crippen LogP contribution in [0, 0.1) is 12.3 Å². The second-order valence-electron chi connectivity index (χ2n) is 5.69. The molecule has 1 saturated heterocycles. The third kappa shape index (κ3) is 2.79. The van der Waals surface area contributed by atoms with Gasteiger partial charge in [-0.2, -0.15) is 0 Å². The quantitative estimate of drug-likeness (QED) is 0.843. The number of hydrogen-bond acceptors (Lipinski definition) is 5. The van der Waals surface area contributed by atoms with Gasteiger partial charge >= 0.3 is 0 Å². The number of carbonyl (C=O) groups is 2. The molecule has 6 heteroatoms. The molecule has 20 heavy (non-hydrogen) atoms. The molecular formula is C14H20N4O2. The van der Waals surface area contributed by atoms with Crippen molar-refractivity contribution in [1.29, 1.82) is 0 Å². The van der Waals surface area contributed by atoms with Crippen molar-refractivity contribution in [3.05, 3.63) is 17.6 Å². The largest absolute Gasteiger partial charge is 0.370 e. The van der Waals surface area contributed by atoms with Crippen molar-refractivity contribution >= 4 is 17.6 Å². The van der Waals surface area contributed by atoms with Gasteiger partial charge in [0.05, 0.1) is 12.0 Å². The van der Waals surface area contributed by atoms with Crippen molar-refractivity contribution in [2.45, 2.75) is 40.7 Å². The van der Waals surface area contributed by atoms with Gasteiger partial charge in [0, 0.05) is 24.7 Å².